The maximum Gasteiger partial charge on any atom is 0.336 e. The van der Waals surface area contributed by atoms with Gasteiger partial charge in [-0.05, 0) is 37.3 Å². The quantitative estimate of drug-likeness (QED) is 0.284. The van der Waals surface area contributed by atoms with Gasteiger partial charge in [0.2, 0.25) is 0 Å². The highest BCUT2D eigenvalue weighted by atomic mass is 35.5. The molecule has 1 aromatic carbocycles. The summed E-state index contributed by atoms with van der Waals surface area (Å²) in [5.41, 5.74) is 1.39. The number of dihydropyridines is 1. The SMILES string of the molecule is CCCOC(=O)C1=C(C)NC2=C(C(=O)[C@H](C(=O)OC)[C@H](C)C2)[C@H]1c1ccc(Cl)c([N+](=O)[O-])c1. The number of carbonyl (C=O) groups is 3. The Morgan fingerprint density at radius 3 is 2.64 bits per heavy atom. The summed E-state index contributed by atoms with van der Waals surface area (Å²) >= 11 is 6.00. The van der Waals surface area contributed by atoms with Crippen LogP contribution in [0.5, 0.6) is 0 Å². The van der Waals surface area contributed by atoms with Gasteiger partial charge in [0, 0.05) is 29.0 Å². The van der Waals surface area contributed by atoms with Gasteiger partial charge in [-0.1, -0.05) is 31.5 Å². The molecule has 1 heterocycles. The third-order valence-electron chi connectivity index (χ3n) is 5.90. The molecule has 0 saturated carbocycles. The molecule has 0 amide bonds. The zero-order valence-corrected chi connectivity index (χ0v) is 19.5. The standard InChI is InChI=1S/C23H25ClN2O7/c1-5-8-33-23(29)18-12(3)25-15-9-11(2)17(22(28)32-4)21(27)20(15)19(18)13-6-7-14(24)16(10-13)26(30)31/h6-7,10-11,17,19,25H,5,8-9H2,1-4H3/t11-,17-,19+/m1/s1. The van der Waals surface area contributed by atoms with E-state index in [1.807, 2.05) is 6.92 Å². The van der Waals surface area contributed by atoms with Gasteiger partial charge in [-0.3, -0.25) is 19.7 Å². The van der Waals surface area contributed by atoms with E-state index in [1.54, 1.807) is 13.8 Å². The lowest BCUT2D eigenvalue weighted by Gasteiger charge is -2.38. The number of methoxy groups -OCH3 is 1. The second-order valence-corrected chi connectivity index (χ2v) is 8.55. The molecule has 0 bridgehead atoms. The van der Waals surface area contributed by atoms with Crippen molar-refractivity contribution >= 4 is 35.0 Å². The predicted molar refractivity (Wildman–Crippen MR) is 119 cm³/mol. The molecule has 3 rings (SSSR count). The number of nitro groups is 1. The van der Waals surface area contributed by atoms with Gasteiger partial charge in [0.1, 0.15) is 10.9 Å². The summed E-state index contributed by atoms with van der Waals surface area (Å²) in [4.78, 5) is 49.9. The van der Waals surface area contributed by atoms with E-state index in [1.165, 1.54) is 25.3 Å². The molecule has 3 atom stereocenters. The Morgan fingerprint density at radius 1 is 1.33 bits per heavy atom. The number of Topliss-reactive ketones (excluding diaryl/α,β-unsaturated/α-hetero) is 1. The summed E-state index contributed by atoms with van der Waals surface area (Å²) in [5, 5.41) is 14.6. The minimum atomic E-state index is -1.05. The van der Waals surface area contributed by atoms with E-state index in [9.17, 15) is 24.5 Å². The van der Waals surface area contributed by atoms with Gasteiger partial charge in [-0.15, -0.1) is 0 Å². The number of nitrogens with one attached hydrogen (secondary N) is 1. The normalized spacial score (nSPS) is 22.5. The lowest BCUT2D eigenvalue weighted by atomic mass is 9.69. The lowest BCUT2D eigenvalue weighted by molar-refractivity contribution is -0.384. The molecule has 0 unspecified atom stereocenters. The summed E-state index contributed by atoms with van der Waals surface area (Å²) in [6.45, 7) is 5.48. The van der Waals surface area contributed by atoms with Crippen molar-refractivity contribution in [2.24, 2.45) is 11.8 Å². The maximum atomic E-state index is 13.6. The van der Waals surface area contributed by atoms with Crippen LogP contribution in [0.4, 0.5) is 5.69 Å². The van der Waals surface area contributed by atoms with E-state index in [0.717, 1.165) is 0 Å². The van der Waals surface area contributed by atoms with Gasteiger partial charge >= 0.3 is 11.9 Å². The molecule has 0 spiro atoms. The van der Waals surface area contributed by atoms with Crippen LogP contribution in [-0.2, 0) is 23.9 Å². The Balaban J connectivity index is 2.23. The molecule has 0 aromatic heterocycles. The Kier molecular flexibility index (Phi) is 7.22. The fraction of sp³-hybridized carbons (Fsp3) is 0.435. The highest BCUT2D eigenvalue weighted by Crippen LogP contribution is 2.46. The van der Waals surface area contributed by atoms with Gasteiger partial charge in [0.05, 0.1) is 24.2 Å². The van der Waals surface area contributed by atoms with Crippen molar-refractivity contribution in [3.63, 3.8) is 0 Å². The zero-order valence-electron chi connectivity index (χ0n) is 18.8. The number of esters is 2. The van der Waals surface area contributed by atoms with Crippen molar-refractivity contribution in [2.45, 2.75) is 39.5 Å². The third-order valence-corrected chi connectivity index (χ3v) is 6.22. The summed E-state index contributed by atoms with van der Waals surface area (Å²) in [6.07, 6.45) is 0.957. The zero-order chi connectivity index (χ0) is 24.4. The number of halogens is 1. The number of carbonyl (C=O) groups excluding carboxylic acids is 3. The number of benzene rings is 1. The average molecular weight is 477 g/mol. The van der Waals surface area contributed by atoms with Gasteiger partial charge in [-0.25, -0.2) is 4.79 Å². The van der Waals surface area contributed by atoms with Crippen LogP contribution in [0.2, 0.25) is 5.02 Å². The molecular weight excluding hydrogens is 452 g/mol. The molecule has 9 nitrogen and oxygen atoms in total. The van der Waals surface area contributed by atoms with Crippen molar-refractivity contribution in [1.82, 2.24) is 5.32 Å². The Morgan fingerprint density at radius 2 is 2.03 bits per heavy atom. The average Bonchev–Trinajstić information content (AvgIpc) is 2.76. The van der Waals surface area contributed by atoms with Crippen LogP contribution < -0.4 is 5.32 Å². The minimum absolute atomic E-state index is 0.0706. The number of hydrogen-bond donors (Lipinski definition) is 1. The van der Waals surface area contributed by atoms with Crippen LogP contribution in [0.15, 0.2) is 40.7 Å². The van der Waals surface area contributed by atoms with E-state index in [4.69, 9.17) is 21.1 Å². The number of nitrogens with zero attached hydrogens (tertiary/aromatic N) is 1. The first-order valence-corrected chi connectivity index (χ1v) is 10.9. The Hall–Kier alpha value is -3.20. The van der Waals surface area contributed by atoms with Gasteiger partial charge in [0.25, 0.3) is 5.69 Å². The monoisotopic (exact) mass is 476 g/mol. The van der Waals surface area contributed by atoms with Crippen LogP contribution in [0.3, 0.4) is 0 Å². The molecule has 0 radical (unpaired) electrons. The number of ketones is 1. The van der Waals surface area contributed by atoms with Crippen LogP contribution in [-0.4, -0.2) is 36.4 Å². The third kappa shape index (κ3) is 4.50. The van der Waals surface area contributed by atoms with Crippen molar-refractivity contribution in [2.75, 3.05) is 13.7 Å². The van der Waals surface area contributed by atoms with Gasteiger partial charge in [0.15, 0.2) is 5.78 Å². The number of nitro benzene ring substituents is 1. The number of hydrogen-bond acceptors (Lipinski definition) is 8. The number of rotatable bonds is 6. The Bertz CT molecular complexity index is 1090. The summed E-state index contributed by atoms with van der Waals surface area (Å²) < 4.78 is 10.2. The topological polar surface area (TPSA) is 125 Å². The molecule has 1 aliphatic heterocycles. The maximum absolute atomic E-state index is 13.6. The highest BCUT2D eigenvalue weighted by molar-refractivity contribution is 6.32. The van der Waals surface area contributed by atoms with Crippen molar-refractivity contribution < 1.29 is 28.8 Å². The van der Waals surface area contributed by atoms with E-state index in [-0.39, 0.29) is 34.4 Å². The fourth-order valence-corrected chi connectivity index (χ4v) is 4.59. The summed E-state index contributed by atoms with van der Waals surface area (Å²) in [6, 6.07) is 4.14. The van der Waals surface area contributed by atoms with Crippen molar-refractivity contribution in [1.29, 1.82) is 0 Å². The van der Waals surface area contributed by atoms with E-state index in [0.29, 0.717) is 29.8 Å². The first-order valence-electron chi connectivity index (χ1n) is 10.6. The molecule has 176 valence electrons. The molecular formula is C23H25ClN2O7. The van der Waals surface area contributed by atoms with Gasteiger partial charge in [-0.2, -0.15) is 0 Å². The summed E-state index contributed by atoms with van der Waals surface area (Å²) in [7, 11) is 1.21. The fourth-order valence-electron chi connectivity index (χ4n) is 4.41. The van der Waals surface area contributed by atoms with Crippen molar-refractivity contribution in [3.8, 4) is 0 Å². The number of ether oxygens (including phenoxy) is 2. The summed E-state index contributed by atoms with van der Waals surface area (Å²) in [5.74, 6) is -4.14. The first kappa shape index (κ1) is 24.4. The second-order valence-electron chi connectivity index (χ2n) is 8.14. The molecule has 0 saturated heterocycles. The van der Waals surface area contributed by atoms with Crippen LogP contribution in [0.1, 0.15) is 45.1 Å². The van der Waals surface area contributed by atoms with Crippen LogP contribution >= 0.6 is 11.6 Å². The van der Waals surface area contributed by atoms with E-state index >= 15 is 0 Å². The molecule has 2 aliphatic rings. The highest BCUT2D eigenvalue weighted by Gasteiger charge is 2.47. The molecule has 1 N–H and O–H groups in total. The van der Waals surface area contributed by atoms with Crippen LogP contribution in [0, 0.1) is 22.0 Å². The largest absolute Gasteiger partial charge is 0.468 e. The predicted octanol–water partition coefficient (Wildman–Crippen LogP) is 3.81. The Labute approximate surface area is 195 Å². The van der Waals surface area contributed by atoms with Crippen molar-refractivity contribution in [3.05, 3.63) is 61.4 Å². The molecule has 33 heavy (non-hydrogen) atoms. The molecule has 1 aromatic rings. The van der Waals surface area contributed by atoms with Crippen LogP contribution in [0.25, 0.3) is 0 Å². The minimum Gasteiger partial charge on any atom is -0.468 e. The van der Waals surface area contributed by atoms with Gasteiger partial charge < -0.3 is 14.8 Å². The van der Waals surface area contributed by atoms with E-state index in [2.05, 4.69) is 5.32 Å². The smallest absolute Gasteiger partial charge is 0.336 e. The second kappa shape index (κ2) is 9.74. The molecule has 0 fully saturated rings. The van der Waals surface area contributed by atoms with E-state index < -0.39 is 34.5 Å². The lowest BCUT2D eigenvalue weighted by Crippen LogP contribution is -2.43. The number of allylic oxidation sites excluding steroid dienone is 3. The molecule has 1 aliphatic carbocycles. The molecule has 10 heteroatoms. The first-order chi connectivity index (χ1) is 15.6.